The van der Waals surface area contributed by atoms with Crippen molar-refractivity contribution < 1.29 is 0 Å². The van der Waals surface area contributed by atoms with Crippen molar-refractivity contribution in [2.75, 3.05) is 0 Å². The van der Waals surface area contributed by atoms with Crippen LogP contribution in [0.15, 0.2) is 176 Å². The molecule has 0 heterocycles. The Bertz CT molecular complexity index is 2140. The first-order valence-corrected chi connectivity index (χ1v) is 16.1. The molecule has 0 aromatic heterocycles. The Hall–Kier alpha value is -5.03. The van der Waals surface area contributed by atoms with E-state index in [1.165, 1.54) is 70.5 Å². The van der Waals surface area contributed by atoms with Crippen molar-refractivity contribution in [3.05, 3.63) is 176 Å². The Morgan fingerprint density at radius 1 is 0.279 bits per heavy atom. The first-order chi connectivity index (χ1) is 21.3. The third-order valence-corrected chi connectivity index (χ3v) is 10.8. The lowest BCUT2D eigenvalue weighted by Gasteiger charge is -2.21. The summed E-state index contributed by atoms with van der Waals surface area (Å²) in [5.41, 5.74) is 5.11. The van der Waals surface area contributed by atoms with Crippen LogP contribution >= 0.6 is 7.92 Å². The van der Waals surface area contributed by atoms with Gasteiger partial charge in [-0.1, -0.05) is 164 Å². The van der Waals surface area contributed by atoms with Crippen LogP contribution in [0.1, 0.15) is 0 Å². The average Bonchev–Trinajstić information content (AvgIpc) is 3.08. The summed E-state index contributed by atoms with van der Waals surface area (Å²) in [6.45, 7) is 0. The lowest BCUT2D eigenvalue weighted by atomic mass is 9.85. The highest BCUT2D eigenvalue weighted by atomic mass is 31.1. The Labute approximate surface area is 253 Å². The predicted molar refractivity (Wildman–Crippen MR) is 189 cm³/mol. The summed E-state index contributed by atoms with van der Waals surface area (Å²) in [6.07, 6.45) is 0. The van der Waals surface area contributed by atoms with Crippen molar-refractivity contribution >= 4 is 56.2 Å². The molecule has 8 aromatic carbocycles. The molecule has 0 fully saturated rings. The van der Waals surface area contributed by atoms with Gasteiger partial charge >= 0.3 is 0 Å². The Balaban J connectivity index is 1.39. The van der Waals surface area contributed by atoms with E-state index in [-0.39, 0.29) is 0 Å². The summed E-state index contributed by atoms with van der Waals surface area (Å²) < 4.78 is 0. The molecule has 43 heavy (non-hydrogen) atoms. The van der Waals surface area contributed by atoms with Gasteiger partial charge in [0.25, 0.3) is 0 Å². The maximum absolute atomic E-state index is 2.44. The summed E-state index contributed by atoms with van der Waals surface area (Å²) in [7, 11) is -0.698. The van der Waals surface area contributed by atoms with E-state index in [0.717, 1.165) is 0 Å². The minimum Gasteiger partial charge on any atom is -0.0622 e. The minimum atomic E-state index is -0.698. The molecule has 1 heteroatoms. The van der Waals surface area contributed by atoms with Crippen LogP contribution in [0.3, 0.4) is 0 Å². The van der Waals surface area contributed by atoms with E-state index in [9.17, 15) is 0 Å². The van der Waals surface area contributed by atoms with E-state index in [4.69, 9.17) is 0 Å². The van der Waals surface area contributed by atoms with Crippen LogP contribution in [0.5, 0.6) is 0 Å². The quantitative estimate of drug-likeness (QED) is 0.144. The fourth-order valence-electron chi connectivity index (χ4n) is 6.50. The van der Waals surface area contributed by atoms with E-state index >= 15 is 0 Å². The van der Waals surface area contributed by atoms with Gasteiger partial charge in [0.15, 0.2) is 0 Å². The zero-order valence-corrected chi connectivity index (χ0v) is 24.6. The fraction of sp³-hybridized carbons (Fsp3) is 0. The second-order valence-corrected chi connectivity index (χ2v) is 13.2. The number of hydrogen-bond acceptors (Lipinski definition) is 0. The topological polar surface area (TPSA) is 0 Å². The third kappa shape index (κ3) is 4.62. The molecular weight excluding hydrogens is 535 g/mol. The number of hydrogen-bond donors (Lipinski definition) is 0. The van der Waals surface area contributed by atoms with E-state index in [1.54, 1.807) is 0 Å². The molecule has 0 aliphatic carbocycles. The minimum absolute atomic E-state index is 0.698. The third-order valence-electron chi connectivity index (χ3n) is 8.39. The van der Waals surface area contributed by atoms with Gasteiger partial charge in [0.05, 0.1) is 0 Å². The van der Waals surface area contributed by atoms with Crippen molar-refractivity contribution in [1.82, 2.24) is 0 Å². The molecule has 0 bridgehead atoms. The lowest BCUT2D eigenvalue weighted by Crippen LogP contribution is -2.20. The fourth-order valence-corrected chi connectivity index (χ4v) is 8.84. The predicted octanol–water partition coefficient (Wildman–Crippen LogP) is 10.2. The Morgan fingerprint density at radius 3 is 1.28 bits per heavy atom. The maximum atomic E-state index is 2.44. The van der Waals surface area contributed by atoms with Gasteiger partial charge < -0.3 is 0 Å². The molecule has 0 N–H and O–H groups in total. The zero-order valence-electron chi connectivity index (χ0n) is 23.7. The van der Waals surface area contributed by atoms with Crippen LogP contribution in [-0.4, -0.2) is 0 Å². The van der Waals surface area contributed by atoms with Crippen molar-refractivity contribution in [3.63, 3.8) is 0 Å². The van der Waals surface area contributed by atoms with Crippen LogP contribution < -0.4 is 15.9 Å². The zero-order chi connectivity index (χ0) is 28.6. The van der Waals surface area contributed by atoms with E-state index in [0.29, 0.717) is 0 Å². The molecule has 0 atom stereocenters. The summed E-state index contributed by atoms with van der Waals surface area (Å²) in [4.78, 5) is 0. The molecule has 8 rings (SSSR count). The molecular formula is C42H29P. The van der Waals surface area contributed by atoms with E-state index in [2.05, 4.69) is 176 Å². The van der Waals surface area contributed by atoms with E-state index < -0.39 is 7.92 Å². The summed E-state index contributed by atoms with van der Waals surface area (Å²) >= 11 is 0. The molecule has 0 unspecified atom stereocenters. The lowest BCUT2D eigenvalue weighted by molar-refractivity contribution is 1.67. The smallest absolute Gasteiger partial charge is 0.00261 e. The Kier molecular flexibility index (Phi) is 6.56. The van der Waals surface area contributed by atoms with Crippen LogP contribution in [-0.2, 0) is 0 Å². The van der Waals surface area contributed by atoms with Crippen molar-refractivity contribution in [2.45, 2.75) is 0 Å². The molecule has 0 amide bonds. The average molecular weight is 565 g/mol. The summed E-state index contributed by atoms with van der Waals surface area (Å²) in [5, 5.41) is 11.7. The van der Waals surface area contributed by atoms with Gasteiger partial charge in [-0.3, -0.25) is 0 Å². The van der Waals surface area contributed by atoms with Gasteiger partial charge in [-0.25, -0.2) is 0 Å². The van der Waals surface area contributed by atoms with Gasteiger partial charge in [-0.2, -0.15) is 0 Å². The highest BCUT2D eigenvalue weighted by molar-refractivity contribution is 7.79. The molecule has 8 aromatic rings. The molecule has 0 aliphatic rings. The van der Waals surface area contributed by atoms with Crippen molar-refractivity contribution in [3.8, 4) is 22.3 Å². The normalized spacial score (nSPS) is 11.5. The Morgan fingerprint density at radius 2 is 0.721 bits per heavy atom. The van der Waals surface area contributed by atoms with Crippen LogP contribution in [0, 0.1) is 0 Å². The molecule has 0 saturated carbocycles. The maximum Gasteiger partial charge on any atom is -0.00261 e. The molecule has 0 aliphatic heterocycles. The highest BCUT2D eigenvalue weighted by Crippen LogP contribution is 2.44. The van der Waals surface area contributed by atoms with Crippen molar-refractivity contribution in [2.24, 2.45) is 0 Å². The largest absolute Gasteiger partial charge is 0.0622 e. The number of fused-ring (bicyclic) bond motifs is 3. The van der Waals surface area contributed by atoms with Gasteiger partial charge in [0, 0.05) is 0 Å². The molecule has 202 valence electrons. The van der Waals surface area contributed by atoms with Gasteiger partial charge in [-0.15, -0.1) is 0 Å². The molecule has 0 nitrogen and oxygen atoms in total. The van der Waals surface area contributed by atoms with Crippen molar-refractivity contribution in [1.29, 1.82) is 0 Å². The van der Waals surface area contributed by atoms with Gasteiger partial charge in [0.1, 0.15) is 0 Å². The monoisotopic (exact) mass is 564 g/mol. The second-order valence-electron chi connectivity index (χ2n) is 11.0. The van der Waals surface area contributed by atoms with Gasteiger partial charge in [0.2, 0.25) is 0 Å². The molecule has 0 radical (unpaired) electrons. The van der Waals surface area contributed by atoms with Gasteiger partial charge in [-0.05, 0) is 90.5 Å². The van der Waals surface area contributed by atoms with Crippen LogP contribution in [0.25, 0.3) is 54.6 Å². The number of benzene rings is 8. The number of rotatable bonds is 5. The SMILES string of the molecule is c1ccc(P(c2ccccc2)c2cccc(-c3c4ccccc4c(-c4ccc5ccccc5c4)c4ccccc34)c2)cc1. The molecule has 0 spiro atoms. The second kappa shape index (κ2) is 11.0. The van der Waals surface area contributed by atoms with Crippen LogP contribution in [0.4, 0.5) is 0 Å². The summed E-state index contributed by atoms with van der Waals surface area (Å²) in [6, 6.07) is 64.6. The van der Waals surface area contributed by atoms with E-state index in [1.807, 2.05) is 0 Å². The standard InChI is InChI=1S/C42H29P/c1-3-17-34(18-4-1)43(35-19-5-2-6-20-35)36-21-13-16-32(29-36)41-37-22-9-11-24-39(37)42(40-25-12-10-23-38(40)41)33-27-26-30-14-7-8-15-31(30)28-33/h1-29H. The molecule has 0 saturated heterocycles. The first kappa shape index (κ1) is 25.7. The highest BCUT2D eigenvalue weighted by Gasteiger charge is 2.20. The van der Waals surface area contributed by atoms with Crippen LogP contribution in [0.2, 0.25) is 0 Å². The summed E-state index contributed by atoms with van der Waals surface area (Å²) in [5.74, 6) is 0. The first-order valence-electron chi connectivity index (χ1n) is 14.8.